The van der Waals surface area contributed by atoms with Gasteiger partial charge < -0.3 is 10.3 Å². The second-order valence-electron chi connectivity index (χ2n) is 5.52. The van der Waals surface area contributed by atoms with E-state index in [1.54, 1.807) is 0 Å². The molecule has 0 amide bonds. The van der Waals surface area contributed by atoms with Crippen molar-refractivity contribution in [1.29, 1.82) is 0 Å². The number of nitrogens with zero attached hydrogens (tertiary/aromatic N) is 2. The van der Waals surface area contributed by atoms with Gasteiger partial charge in [0, 0.05) is 24.0 Å². The highest BCUT2D eigenvalue weighted by atomic mass is 35.5. The predicted molar refractivity (Wildman–Crippen MR) is 74.9 cm³/mol. The molecule has 1 saturated carbocycles. The van der Waals surface area contributed by atoms with E-state index in [9.17, 15) is 0 Å². The molecule has 0 saturated heterocycles. The number of rotatable bonds is 2. The van der Waals surface area contributed by atoms with Crippen molar-refractivity contribution in [2.75, 3.05) is 0 Å². The summed E-state index contributed by atoms with van der Waals surface area (Å²) < 4.78 is 2.14. The summed E-state index contributed by atoms with van der Waals surface area (Å²) in [7, 11) is 2.05. The lowest BCUT2D eigenvalue weighted by atomic mass is 9.75. The smallest absolute Gasteiger partial charge is 0.111 e. The van der Waals surface area contributed by atoms with E-state index in [4.69, 9.17) is 22.3 Å². The van der Waals surface area contributed by atoms with Gasteiger partial charge in [-0.3, -0.25) is 0 Å². The summed E-state index contributed by atoms with van der Waals surface area (Å²) in [4.78, 5) is 4.71. The zero-order valence-electron chi connectivity index (χ0n) is 10.8. The van der Waals surface area contributed by atoms with Gasteiger partial charge in [0.05, 0.1) is 11.0 Å². The SMILES string of the molecule is Cc1c(Cl)ccc2nc(CC3(N)CCC3)n(C)c12. The molecule has 2 N–H and O–H groups in total. The summed E-state index contributed by atoms with van der Waals surface area (Å²) in [5.74, 6) is 1.07. The van der Waals surface area contributed by atoms with Gasteiger partial charge in [-0.15, -0.1) is 0 Å². The molecule has 4 heteroatoms. The zero-order valence-corrected chi connectivity index (χ0v) is 11.6. The fourth-order valence-corrected chi connectivity index (χ4v) is 2.95. The average molecular weight is 264 g/mol. The predicted octanol–water partition coefficient (Wildman–Crippen LogP) is 2.96. The van der Waals surface area contributed by atoms with Crippen molar-refractivity contribution in [3.05, 3.63) is 28.5 Å². The topological polar surface area (TPSA) is 43.8 Å². The molecule has 0 radical (unpaired) electrons. The van der Waals surface area contributed by atoms with Crippen molar-refractivity contribution in [3.8, 4) is 0 Å². The van der Waals surface area contributed by atoms with Crippen LogP contribution in [0.3, 0.4) is 0 Å². The molecule has 1 aliphatic rings. The monoisotopic (exact) mass is 263 g/mol. The van der Waals surface area contributed by atoms with Gasteiger partial charge in [0.2, 0.25) is 0 Å². The van der Waals surface area contributed by atoms with Crippen LogP contribution in [0.1, 0.15) is 30.7 Å². The molecule has 18 heavy (non-hydrogen) atoms. The molecule has 1 aromatic carbocycles. The third-order valence-corrected chi connectivity index (χ3v) is 4.58. The fourth-order valence-electron chi connectivity index (χ4n) is 2.80. The van der Waals surface area contributed by atoms with Crippen molar-refractivity contribution in [2.45, 2.75) is 38.1 Å². The van der Waals surface area contributed by atoms with Crippen LogP contribution in [0.5, 0.6) is 0 Å². The van der Waals surface area contributed by atoms with Crippen LogP contribution in [0.25, 0.3) is 11.0 Å². The molecular weight excluding hydrogens is 246 g/mol. The number of nitrogens with two attached hydrogens (primary N) is 1. The Morgan fingerprint density at radius 1 is 1.44 bits per heavy atom. The van der Waals surface area contributed by atoms with E-state index in [1.807, 2.05) is 19.1 Å². The molecule has 0 spiro atoms. The maximum atomic E-state index is 6.31. The normalized spacial score (nSPS) is 18.0. The first-order valence-electron chi connectivity index (χ1n) is 6.39. The molecule has 1 aliphatic carbocycles. The minimum Gasteiger partial charge on any atom is -0.331 e. The number of hydrogen-bond acceptors (Lipinski definition) is 2. The van der Waals surface area contributed by atoms with Crippen LogP contribution in [-0.4, -0.2) is 15.1 Å². The third-order valence-electron chi connectivity index (χ3n) is 4.18. The van der Waals surface area contributed by atoms with E-state index in [2.05, 4.69) is 11.6 Å². The Hall–Kier alpha value is -1.06. The van der Waals surface area contributed by atoms with E-state index in [0.29, 0.717) is 0 Å². The number of hydrogen-bond donors (Lipinski definition) is 1. The molecule has 96 valence electrons. The largest absolute Gasteiger partial charge is 0.331 e. The number of aromatic nitrogens is 2. The fraction of sp³-hybridized carbons (Fsp3) is 0.500. The van der Waals surface area contributed by atoms with Gasteiger partial charge >= 0.3 is 0 Å². The lowest BCUT2D eigenvalue weighted by molar-refractivity contribution is 0.242. The van der Waals surface area contributed by atoms with Crippen molar-refractivity contribution >= 4 is 22.6 Å². The lowest BCUT2D eigenvalue weighted by Crippen LogP contribution is -2.48. The standard InChI is InChI=1S/C14H18ClN3/c1-9-10(15)4-5-11-13(9)18(2)12(17-11)8-14(16)6-3-7-14/h4-5H,3,6-8,16H2,1-2H3. The number of fused-ring (bicyclic) bond motifs is 1. The maximum absolute atomic E-state index is 6.31. The highest BCUT2D eigenvalue weighted by Crippen LogP contribution is 2.33. The number of aryl methyl sites for hydroxylation is 2. The van der Waals surface area contributed by atoms with Crippen LogP contribution in [0.15, 0.2) is 12.1 Å². The van der Waals surface area contributed by atoms with Crippen LogP contribution < -0.4 is 5.73 Å². The van der Waals surface area contributed by atoms with E-state index < -0.39 is 0 Å². The Labute approximate surface area is 112 Å². The van der Waals surface area contributed by atoms with Gasteiger partial charge in [-0.1, -0.05) is 11.6 Å². The number of imidazole rings is 1. The van der Waals surface area contributed by atoms with Gasteiger partial charge in [0.1, 0.15) is 5.82 Å². The van der Waals surface area contributed by atoms with Crippen molar-refractivity contribution in [2.24, 2.45) is 12.8 Å². The van der Waals surface area contributed by atoms with E-state index in [-0.39, 0.29) is 5.54 Å². The lowest BCUT2D eigenvalue weighted by Gasteiger charge is -2.37. The third kappa shape index (κ3) is 1.73. The Morgan fingerprint density at radius 3 is 2.78 bits per heavy atom. The highest BCUT2D eigenvalue weighted by Gasteiger charge is 2.34. The van der Waals surface area contributed by atoms with Crippen molar-refractivity contribution < 1.29 is 0 Å². The maximum Gasteiger partial charge on any atom is 0.111 e. The minimum atomic E-state index is -0.0349. The molecule has 3 rings (SSSR count). The van der Waals surface area contributed by atoms with Gasteiger partial charge in [0.25, 0.3) is 0 Å². The Kier molecular flexibility index (Phi) is 2.65. The molecule has 1 aromatic heterocycles. The van der Waals surface area contributed by atoms with Gasteiger partial charge in [-0.25, -0.2) is 4.98 Å². The molecule has 0 bridgehead atoms. The molecule has 3 nitrogen and oxygen atoms in total. The summed E-state index contributed by atoms with van der Waals surface area (Å²) in [5.41, 5.74) is 9.51. The van der Waals surface area contributed by atoms with Gasteiger partial charge in [0.15, 0.2) is 0 Å². The molecule has 0 aliphatic heterocycles. The Morgan fingerprint density at radius 2 is 2.17 bits per heavy atom. The number of benzene rings is 1. The van der Waals surface area contributed by atoms with Gasteiger partial charge in [-0.2, -0.15) is 0 Å². The van der Waals surface area contributed by atoms with E-state index >= 15 is 0 Å². The zero-order chi connectivity index (χ0) is 12.9. The Bertz CT molecular complexity index is 611. The quantitative estimate of drug-likeness (QED) is 0.905. The Balaban J connectivity index is 2.08. The van der Waals surface area contributed by atoms with Crippen LogP contribution in [0, 0.1) is 6.92 Å². The summed E-state index contributed by atoms with van der Waals surface area (Å²) in [6.45, 7) is 2.04. The van der Waals surface area contributed by atoms with Crippen molar-refractivity contribution in [3.63, 3.8) is 0 Å². The van der Waals surface area contributed by atoms with Crippen molar-refractivity contribution in [1.82, 2.24) is 9.55 Å². The van der Waals surface area contributed by atoms with Crippen LogP contribution in [0.4, 0.5) is 0 Å². The minimum absolute atomic E-state index is 0.0349. The second kappa shape index (κ2) is 3.97. The summed E-state index contributed by atoms with van der Waals surface area (Å²) >= 11 is 6.17. The van der Waals surface area contributed by atoms with Gasteiger partial charge in [-0.05, 0) is 43.9 Å². The van der Waals surface area contributed by atoms with Crippen LogP contribution in [-0.2, 0) is 13.5 Å². The van der Waals surface area contributed by atoms with Crippen LogP contribution in [0.2, 0.25) is 5.02 Å². The molecular formula is C14H18ClN3. The summed E-state index contributed by atoms with van der Waals surface area (Å²) in [6, 6.07) is 3.90. The second-order valence-corrected chi connectivity index (χ2v) is 5.93. The number of halogens is 1. The molecule has 2 aromatic rings. The molecule has 1 fully saturated rings. The molecule has 1 heterocycles. The highest BCUT2D eigenvalue weighted by molar-refractivity contribution is 6.32. The summed E-state index contributed by atoms with van der Waals surface area (Å²) in [5, 5.41) is 0.795. The first-order valence-corrected chi connectivity index (χ1v) is 6.77. The molecule has 0 atom stereocenters. The first kappa shape index (κ1) is 12.0. The summed E-state index contributed by atoms with van der Waals surface area (Å²) in [6.07, 6.45) is 4.31. The van der Waals surface area contributed by atoms with E-state index in [1.165, 1.54) is 6.42 Å². The average Bonchev–Trinajstić information content (AvgIpc) is 2.60. The van der Waals surface area contributed by atoms with E-state index in [0.717, 1.165) is 46.7 Å². The molecule has 0 unspecified atom stereocenters. The first-order chi connectivity index (χ1) is 8.50. The van der Waals surface area contributed by atoms with Crippen LogP contribution >= 0.6 is 11.6 Å².